The largest absolute Gasteiger partial charge is 0.508 e. The number of ether oxygens (including phenoxy) is 2. The molecule has 1 fully saturated rings. The number of thiophene rings is 1. The van der Waals surface area contributed by atoms with E-state index in [4.69, 9.17) is 9.47 Å². The van der Waals surface area contributed by atoms with Gasteiger partial charge in [-0.2, -0.15) is 0 Å². The van der Waals surface area contributed by atoms with Gasteiger partial charge in [0.2, 0.25) is 5.78 Å². The van der Waals surface area contributed by atoms with E-state index in [-0.39, 0.29) is 17.3 Å². The van der Waals surface area contributed by atoms with Gasteiger partial charge in [0.1, 0.15) is 34.5 Å². The second kappa shape index (κ2) is 10.8. The molecule has 5 rings (SSSR count). The number of ketones is 1. The number of benzene rings is 3. The van der Waals surface area contributed by atoms with Gasteiger partial charge in [0.25, 0.3) is 0 Å². The lowest BCUT2D eigenvalue weighted by atomic mass is 10.0. The first-order chi connectivity index (χ1) is 17.9. The summed E-state index contributed by atoms with van der Waals surface area (Å²) >= 11 is 1.27. The van der Waals surface area contributed by atoms with Crippen molar-refractivity contribution in [3.05, 3.63) is 76.7 Å². The van der Waals surface area contributed by atoms with Gasteiger partial charge in [0, 0.05) is 28.7 Å². The van der Waals surface area contributed by atoms with Crippen molar-refractivity contribution in [1.29, 1.82) is 0 Å². The lowest BCUT2D eigenvalue weighted by molar-refractivity contribution is 0.104. The van der Waals surface area contributed by atoms with Gasteiger partial charge in [0.15, 0.2) is 5.75 Å². The molecule has 1 atom stereocenters. The van der Waals surface area contributed by atoms with Crippen LogP contribution in [0.2, 0.25) is 0 Å². The second-order valence-corrected chi connectivity index (χ2v) is 10.6. The number of rotatable bonds is 9. The highest BCUT2D eigenvalue weighted by Crippen LogP contribution is 2.43. The van der Waals surface area contributed by atoms with Gasteiger partial charge in [0.05, 0.1) is 0 Å². The molecule has 4 aromatic rings. The monoisotopic (exact) mass is 517 g/mol. The lowest BCUT2D eigenvalue weighted by Crippen LogP contribution is -2.26. The topological polar surface area (TPSA) is 79.2 Å². The number of phenolic OH excluding ortho intramolecular Hbond substituents is 2. The van der Waals surface area contributed by atoms with Gasteiger partial charge in [-0.25, -0.2) is 0 Å². The van der Waals surface area contributed by atoms with Crippen molar-refractivity contribution in [2.24, 2.45) is 5.92 Å². The Morgan fingerprint density at radius 2 is 1.76 bits per heavy atom. The van der Waals surface area contributed by atoms with Crippen molar-refractivity contribution in [3.63, 3.8) is 0 Å². The van der Waals surface area contributed by atoms with Gasteiger partial charge >= 0.3 is 0 Å². The Bertz CT molecular complexity index is 1410. The summed E-state index contributed by atoms with van der Waals surface area (Å²) in [5.41, 5.74) is 1.17. The molecule has 0 spiro atoms. The first-order valence-corrected chi connectivity index (χ1v) is 13.5. The van der Waals surface area contributed by atoms with E-state index in [1.165, 1.54) is 30.2 Å². The second-order valence-electron chi connectivity index (χ2n) is 9.55. The number of nitrogens with zero attached hydrogens (tertiary/aromatic N) is 1. The maximum absolute atomic E-state index is 13.5. The predicted octanol–water partition coefficient (Wildman–Crippen LogP) is 6.75. The molecule has 192 valence electrons. The highest BCUT2D eigenvalue weighted by atomic mass is 32.1. The molecule has 1 aliphatic rings. The van der Waals surface area contributed by atoms with Crippen molar-refractivity contribution in [2.75, 3.05) is 26.2 Å². The van der Waals surface area contributed by atoms with E-state index < -0.39 is 0 Å². The van der Waals surface area contributed by atoms with Crippen LogP contribution in [0.25, 0.3) is 10.1 Å². The average Bonchev–Trinajstić information content (AvgIpc) is 3.49. The van der Waals surface area contributed by atoms with Crippen LogP contribution in [0.3, 0.4) is 0 Å². The van der Waals surface area contributed by atoms with Gasteiger partial charge < -0.3 is 19.7 Å². The minimum absolute atomic E-state index is 0.111. The van der Waals surface area contributed by atoms with Gasteiger partial charge in [-0.3, -0.25) is 9.69 Å². The lowest BCUT2D eigenvalue weighted by Gasteiger charge is -2.16. The molecular weight excluding hydrogens is 486 g/mol. The Hall–Kier alpha value is -3.55. The van der Waals surface area contributed by atoms with E-state index in [9.17, 15) is 15.0 Å². The van der Waals surface area contributed by atoms with E-state index in [1.54, 1.807) is 37.3 Å². The number of phenols is 2. The van der Waals surface area contributed by atoms with Crippen LogP contribution in [0, 0.1) is 12.8 Å². The van der Waals surface area contributed by atoms with Crippen LogP contribution in [-0.2, 0) is 0 Å². The number of carbonyl (C=O) groups excluding carboxylic acids is 1. The molecule has 7 heteroatoms. The van der Waals surface area contributed by atoms with Crippen molar-refractivity contribution >= 4 is 27.2 Å². The molecule has 1 aliphatic heterocycles. The number of fused-ring (bicyclic) bond motifs is 1. The van der Waals surface area contributed by atoms with E-state index in [2.05, 4.69) is 11.8 Å². The zero-order valence-corrected chi connectivity index (χ0v) is 21.9. The van der Waals surface area contributed by atoms with Crippen LogP contribution >= 0.6 is 11.3 Å². The number of aromatic hydroxyl groups is 2. The van der Waals surface area contributed by atoms with E-state index >= 15 is 0 Å². The molecule has 0 aliphatic carbocycles. The summed E-state index contributed by atoms with van der Waals surface area (Å²) in [5.74, 6) is 2.66. The normalized spacial score (nSPS) is 15.8. The SMILES string of the molecule is CC[C@@H]1CCN(CCOc2ccc(Oc3c(C(=O)c4ccc(O)cc4C)sc4cc(O)ccc34)cc2)C1. The van der Waals surface area contributed by atoms with Gasteiger partial charge in [-0.05, 0) is 92.0 Å². The molecule has 37 heavy (non-hydrogen) atoms. The molecule has 0 saturated carbocycles. The molecule has 2 heterocycles. The first kappa shape index (κ1) is 25.1. The summed E-state index contributed by atoms with van der Waals surface area (Å²) < 4.78 is 13.0. The fraction of sp³-hybridized carbons (Fsp3) is 0.300. The fourth-order valence-electron chi connectivity index (χ4n) is 4.80. The zero-order chi connectivity index (χ0) is 25.9. The Morgan fingerprint density at radius 1 is 1.03 bits per heavy atom. The molecular formula is C30H31NO5S. The predicted molar refractivity (Wildman–Crippen MR) is 147 cm³/mol. The fourth-order valence-corrected chi connectivity index (χ4v) is 5.92. The summed E-state index contributed by atoms with van der Waals surface area (Å²) in [6.45, 7) is 7.90. The maximum Gasteiger partial charge on any atom is 0.207 e. The minimum atomic E-state index is -0.194. The highest BCUT2D eigenvalue weighted by Gasteiger charge is 2.24. The molecule has 0 bridgehead atoms. The highest BCUT2D eigenvalue weighted by molar-refractivity contribution is 7.21. The third-order valence-corrected chi connectivity index (χ3v) is 8.09. The molecule has 1 saturated heterocycles. The number of likely N-dealkylation sites (tertiary alicyclic amines) is 1. The summed E-state index contributed by atoms with van der Waals surface area (Å²) in [6.07, 6.45) is 2.51. The van der Waals surface area contributed by atoms with Crippen LogP contribution in [0.4, 0.5) is 0 Å². The number of aryl methyl sites for hydroxylation is 1. The third kappa shape index (κ3) is 5.58. The van der Waals surface area contributed by atoms with Crippen LogP contribution in [0.15, 0.2) is 60.7 Å². The summed E-state index contributed by atoms with van der Waals surface area (Å²) in [4.78, 5) is 16.4. The molecule has 2 N–H and O–H groups in total. The molecule has 6 nitrogen and oxygen atoms in total. The van der Waals surface area contributed by atoms with Crippen LogP contribution < -0.4 is 9.47 Å². The van der Waals surface area contributed by atoms with Crippen LogP contribution in [0.5, 0.6) is 28.7 Å². The summed E-state index contributed by atoms with van der Waals surface area (Å²) in [5, 5.41) is 20.5. The van der Waals surface area contributed by atoms with E-state index in [0.717, 1.165) is 41.4 Å². The molecule has 0 unspecified atom stereocenters. The first-order valence-electron chi connectivity index (χ1n) is 12.6. The summed E-state index contributed by atoms with van der Waals surface area (Å²) in [7, 11) is 0. The molecule has 3 aromatic carbocycles. The maximum atomic E-state index is 13.5. The van der Waals surface area contributed by atoms with E-state index in [0.29, 0.717) is 34.1 Å². The van der Waals surface area contributed by atoms with Crippen LogP contribution in [0.1, 0.15) is 40.6 Å². The van der Waals surface area contributed by atoms with Crippen molar-refractivity contribution < 1.29 is 24.5 Å². The van der Waals surface area contributed by atoms with Gasteiger partial charge in [-0.1, -0.05) is 13.3 Å². The zero-order valence-electron chi connectivity index (χ0n) is 21.1. The Balaban J connectivity index is 1.34. The van der Waals surface area contributed by atoms with Crippen molar-refractivity contribution in [3.8, 4) is 28.7 Å². The number of hydrogen-bond donors (Lipinski definition) is 2. The molecule has 0 amide bonds. The van der Waals surface area contributed by atoms with E-state index in [1.807, 2.05) is 24.3 Å². The Morgan fingerprint density at radius 3 is 2.49 bits per heavy atom. The number of carbonyl (C=O) groups is 1. The molecule has 1 aromatic heterocycles. The number of hydrogen-bond acceptors (Lipinski definition) is 7. The Kier molecular flexibility index (Phi) is 7.35. The summed E-state index contributed by atoms with van der Waals surface area (Å²) in [6, 6.07) is 17.1. The van der Waals surface area contributed by atoms with Crippen molar-refractivity contribution in [2.45, 2.75) is 26.7 Å². The van der Waals surface area contributed by atoms with Gasteiger partial charge in [-0.15, -0.1) is 11.3 Å². The van der Waals surface area contributed by atoms with Crippen LogP contribution in [-0.4, -0.2) is 47.1 Å². The Labute approximate surface area is 220 Å². The quantitative estimate of drug-likeness (QED) is 0.239. The average molecular weight is 518 g/mol. The molecule has 0 radical (unpaired) electrons. The minimum Gasteiger partial charge on any atom is -0.508 e. The van der Waals surface area contributed by atoms with Crippen molar-refractivity contribution in [1.82, 2.24) is 4.90 Å². The standard InChI is InChI=1S/C30H31NO5S/c1-3-20-12-13-31(18-20)14-15-35-23-6-8-24(9-7-23)36-29-26-11-5-22(33)17-27(26)37-30(29)28(34)25-10-4-21(32)16-19(25)2/h4-11,16-17,20,32-33H,3,12-15,18H2,1-2H3/t20-/m1/s1. The smallest absolute Gasteiger partial charge is 0.207 e. The third-order valence-electron chi connectivity index (χ3n) is 6.96.